The van der Waals surface area contributed by atoms with Crippen molar-refractivity contribution < 1.29 is 22.1 Å². The Morgan fingerprint density at radius 1 is 1.26 bits per heavy atom. The molecule has 0 heterocycles. The summed E-state index contributed by atoms with van der Waals surface area (Å²) in [7, 11) is -3.48. The molecule has 0 saturated heterocycles. The topological polar surface area (TPSA) is 69.7 Å². The van der Waals surface area contributed by atoms with Gasteiger partial charge in [-0.2, -0.15) is 8.42 Å². The number of benzene rings is 1. The molecule has 5 nitrogen and oxygen atoms in total. The molecule has 0 aliphatic heterocycles. The monoisotopic (exact) mass is 286 g/mol. The van der Waals surface area contributed by atoms with Crippen molar-refractivity contribution in [1.29, 1.82) is 0 Å². The van der Waals surface area contributed by atoms with E-state index >= 15 is 0 Å². The second-order valence-corrected chi connectivity index (χ2v) is 5.90. The van der Waals surface area contributed by atoms with E-state index in [1.54, 1.807) is 6.92 Å². The Morgan fingerprint density at radius 2 is 1.89 bits per heavy atom. The molecule has 0 fully saturated rings. The fraction of sp³-hybridized carbons (Fsp3) is 0.462. The summed E-state index contributed by atoms with van der Waals surface area (Å²) in [6, 6.07) is 9.34. The lowest BCUT2D eigenvalue weighted by atomic mass is 10.2. The highest BCUT2D eigenvalue weighted by atomic mass is 32.2. The van der Waals surface area contributed by atoms with Gasteiger partial charge in [0.15, 0.2) is 0 Å². The molecule has 1 aromatic rings. The fourth-order valence-corrected chi connectivity index (χ4v) is 2.17. The third-order valence-corrected chi connectivity index (χ3v) is 3.01. The zero-order chi connectivity index (χ0) is 14.3. The number of carbonyl (C=O) groups is 1. The van der Waals surface area contributed by atoms with Gasteiger partial charge in [-0.15, -0.1) is 0 Å². The lowest BCUT2D eigenvalue weighted by Crippen LogP contribution is -2.16. The molecule has 0 aromatic heterocycles. The quantitative estimate of drug-likeness (QED) is 0.565. The normalized spacial score (nSPS) is 12.9. The Bertz CT molecular complexity index is 495. The summed E-state index contributed by atoms with van der Waals surface area (Å²) in [6.07, 6.45) is 0.890. The van der Waals surface area contributed by atoms with Crippen LogP contribution in [0.3, 0.4) is 0 Å². The van der Waals surface area contributed by atoms with E-state index in [9.17, 15) is 13.2 Å². The first-order chi connectivity index (χ1) is 8.87. The molecule has 0 amide bonds. The smallest absolute Gasteiger partial charge is 0.306 e. The van der Waals surface area contributed by atoms with Crippen LogP contribution in [0.4, 0.5) is 0 Å². The molecule has 0 N–H and O–H groups in total. The Labute approximate surface area is 113 Å². The number of ether oxygens (including phenoxy) is 1. The average molecular weight is 286 g/mol. The number of hydrogen-bond donors (Lipinski definition) is 0. The van der Waals surface area contributed by atoms with Gasteiger partial charge in [0.05, 0.1) is 12.4 Å². The minimum Gasteiger partial charge on any atom is -0.461 e. The van der Waals surface area contributed by atoms with E-state index < -0.39 is 16.2 Å². The van der Waals surface area contributed by atoms with Crippen LogP contribution in [0.25, 0.3) is 0 Å². The first-order valence-corrected chi connectivity index (χ1v) is 7.76. The highest BCUT2D eigenvalue weighted by molar-refractivity contribution is 7.86. The van der Waals surface area contributed by atoms with E-state index in [-0.39, 0.29) is 19.0 Å². The highest BCUT2D eigenvalue weighted by Gasteiger charge is 2.13. The van der Waals surface area contributed by atoms with Gasteiger partial charge < -0.3 is 4.74 Å². The summed E-state index contributed by atoms with van der Waals surface area (Å²) in [5, 5.41) is 0. The second-order valence-electron chi connectivity index (χ2n) is 4.30. The molecular weight excluding hydrogens is 268 g/mol. The zero-order valence-corrected chi connectivity index (χ0v) is 11.9. The minimum atomic E-state index is -3.48. The average Bonchev–Trinajstić information content (AvgIpc) is 2.33. The van der Waals surface area contributed by atoms with E-state index in [0.717, 1.165) is 11.8 Å². The molecule has 0 radical (unpaired) electrons. The SMILES string of the molecule is CC(CCC(=O)OCc1ccccc1)OS(C)(=O)=O. The molecule has 0 spiro atoms. The van der Waals surface area contributed by atoms with Crippen LogP contribution in [0.2, 0.25) is 0 Å². The van der Waals surface area contributed by atoms with Gasteiger partial charge in [0, 0.05) is 6.42 Å². The van der Waals surface area contributed by atoms with Crippen LogP contribution in [-0.4, -0.2) is 26.7 Å². The first kappa shape index (κ1) is 15.7. The summed E-state index contributed by atoms with van der Waals surface area (Å²) < 4.78 is 31.5. The summed E-state index contributed by atoms with van der Waals surface area (Å²) in [4.78, 5) is 11.5. The third kappa shape index (κ3) is 7.58. The van der Waals surface area contributed by atoms with Crippen molar-refractivity contribution >= 4 is 16.1 Å². The number of hydrogen-bond acceptors (Lipinski definition) is 5. The van der Waals surface area contributed by atoms with Crippen LogP contribution < -0.4 is 0 Å². The molecule has 0 aliphatic carbocycles. The maximum Gasteiger partial charge on any atom is 0.306 e. The van der Waals surface area contributed by atoms with Crippen LogP contribution in [-0.2, 0) is 30.4 Å². The standard InChI is InChI=1S/C13H18O5S/c1-11(18-19(2,15)16)8-9-13(14)17-10-12-6-4-3-5-7-12/h3-7,11H,8-10H2,1-2H3. The van der Waals surface area contributed by atoms with Crippen LogP contribution in [0.5, 0.6) is 0 Å². The van der Waals surface area contributed by atoms with Crippen molar-refractivity contribution in [3.8, 4) is 0 Å². The fourth-order valence-electron chi connectivity index (χ4n) is 1.48. The molecule has 106 valence electrons. The summed E-state index contributed by atoms with van der Waals surface area (Å²) in [6.45, 7) is 1.83. The van der Waals surface area contributed by atoms with Crippen molar-refractivity contribution in [1.82, 2.24) is 0 Å². The lowest BCUT2D eigenvalue weighted by Gasteiger charge is -2.10. The van der Waals surface area contributed by atoms with Gasteiger partial charge in [0.1, 0.15) is 6.61 Å². The van der Waals surface area contributed by atoms with Gasteiger partial charge >= 0.3 is 5.97 Å². The third-order valence-electron chi connectivity index (χ3n) is 2.34. The van der Waals surface area contributed by atoms with Crippen molar-refractivity contribution in [2.75, 3.05) is 6.26 Å². The second kappa shape index (κ2) is 7.25. The summed E-state index contributed by atoms with van der Waals surface area (Å²) in [5.74, 6) is -0.368. The van der Waals surface area contributed by atoms with Crippen LogP contribution in [0, 0.1) is 0 Å². The van der Waals surface area contributed by atoms with E-state index in [2.05, 4.69) is 0 Å². The lowest BCUT2D eigenvalue weighted by molar-refractivity contribution is -0.145. The van der Waals surface area contributed by atoms with E-state index in [4.69, 9.17) is 8.92 Å². The summed E-state index contributed by atoms with van der Waals surface area (Å²) >= 11 is 0. The Balaban J connectivity index is 2.25. The van der Waals surface area contributed by atoms with Crippen LogP contribution in [0.1, 0.15) is 25.3 Å². The Morgan fingerprint density at radius 3 is 2.47 bits per heavy atom. The Kier molecular flexibility index (Phi) is 5.98. The molecule has 1 unspecified atom stereocenters. The molecule has 1 atom stereocenters. The molecule has 0 bridgehead atoms. The maximum atomic E-state index is 11.5. The summed E-state index contributed by atoms with van der Waals surface area (Å²) in [5.41, 5.74) is 0.913. The van der Waals surface area contributed by atoms with Gasteiger partial charge in [-0.25, -0.2) is 0 Å². The first-order valence-electron chi connectivity index (χ1n) is 5.94. The number of rotatable bonds is 7. The maximum absolute atomic E-state index is 11.5. The molecule has 1 aromatic carbocycles. The highest BCUT2D eigenvalue weighted by Crippen LogP contribution is 2.07. The van der Waals surface area contributed by atoms with Crippen molar-refractivity contribution in [2.24, 2.45) is 0 Å². The number of carbonyl (C=O) groups excluding carboxylic acids is 1. The van der Waals surface area contributed by atoms with Crippen molar-refractivity contribution in [2.45, 2.75) is 32.5 Å². The molecular formula is C13H18O5S. The van der Waals surface area contributed by atoms with Gasteiger partial charge in [-0.1, -0.05) is 30.3 Å². The molecule has 1 rings (SSSR count). The van der Waals surface area contributed by atoms with E-state index in [1.807, 2.05) is 30.3 Å². The molecule has 0 saturated carbocycles. The Hall–Kier alpha value is -1.40. The van der Waals surface area contributed by atoms with E-state index in [1.165, 1.54) is 0 Å². The van der Waals surface area contributed by atoms with Crippen molar-refractivity contribution in [3.05, 3.63) is 35.9 Å². The van der Waals surface area contributed by atoms with Gasteiger partial charge in [-0.3, -0.25) is 8.98 Å². The molecule has 19 heavy (non-hydrogen) atoms. The van der Waals surface area contributed by atoms with Crippen LogP contribution >= 0.6 is 0 Å². The minimum absolute atomic E-state index is 0.128. The molecule has 0 aliphatic rings. The van der Waals surface area contributed by atoms with Crippen LogP contribution in [0.15, 0.2) is 30.3 Å². The zero-order valence-electron chi connectivity index (χ0n) is 11.0. The van der Waals surface area contributed by atoms with E-state index in [0.29, 0.717) is 6.42 Å². The predicted octanol–water partition coefficient (Wildman–Crippen LogP) is 1.87. The van der Waals surface area contributed by atoms with Gasteiger partial charge in [-0.05, 0) is 18.9 Å². The molecule has 6 heteroatoms. The van der Waals surface area contributed by atoms with Gasteiger partial charge in [0.2, 0.25) is 0 Å². The van der Waals surface area contributed by atoms with Gasteiger partial charge in [0.25, 0.3) is 10.1 Å². The van der Waals surface area contributed by atoms with Crippen molar-refractivity contribution in [3.63, 3.8) is 0 Å². The largest absolute Gasteiger partial charge is 0.461 e. The number of esters is 1. The predicted molar refractivity (Wildman–Crippen MR) is 70.9 cm³/mol.